The average Bonchev–Trinajstić information content (AvgIpc) is 2.12. The van der Waals surface area contributed by atoms with Crippen LogP contribution in [-0.2, 0) is 0 Å². The average molecular weight is 275 g/mol. The van der Waals surface area contributed by atoms with Crippen molar-refractivity contribution in [2.24, 2.45) is 5.22 Å². The Morgan fingerprint density at radius 3 is 3.08 bits per heavy atom. The Balaban J connectivity index is 2.49. The molecule has 0 saturated heterocycles. The zero-order chi connectivity index (χ0) is 8.55. The zero-order valence-electron chi connectivity index (χ0n) is 6.07. The van der Waals surface area contributed by atoms with Crippen molar-refractivity contribution in [1.29, 1.82) is 0 Å². The van der Waals surface area contributed by atoms with Crippen LogP contribution in [0.15, 0.2) is 29.5 Å². The topological polar surface area (TPSA) is 50.5 Å². The minimum Gasteiger partial charge on any atom is -0.695 e. The quantitative estimate of drug-likeness (QED) is 0.260. The maximum atomic E-state index is 11.0. The monoisotopic (exact) mass is 275 g/mol. The lowest BCUT2D eigenvalue weighted by Crippen LogP contribution is -2.14. The number of nitrogens with zero attached hydrogens (tertiary/aromatic N) is 2. The second-order valence-electron chi connectivity index (χ2n) is 2.44. The van der Waals surface area contributed by atoms with Crippen LogP contribution in [0.25, 0.3) is 0 Å². The molecular formula is C7H6IN3O. The van der Waals surface area contributed by atoms with Crippen molar-refractivity contribution in [2.75, 3.05) is 5.43 Å². The maximum Gasteiger partial charge on any atom is 0.200 e. The van der Waals surface area contributed by atoms with Crippen LogP contribution in [-0.4, -0.2) is 4.86 Å². The van der Waals surface area contributed by atoms with Gasteiger partial charge in [0.05, 0.1) is 10.8 Å². The molecule has 1 aliphatic heterocycles. The van der Waals surface area contributed by atoms with Crippen LogP contribution < -0.4 is 5.43 Å². The van der Waals surface area contributed by atoms with Crippen LogP contribution in [0.5, 0.6) is 0 Å². The smallest absolute Gasteiger partial charge is 0.200 e. The van der Waals surface area contributed by atoms with Crippen molar-refractivity contribution in [3.05, 3.63) is 35.0 Å². The van der Waals surface area contributed by atoms with Gasteiger partial charge in [0.25, 0.3) is 0 Å². The third-order valence-corrected chi connectivity index (χ3v) is 2.83. The van der Waals surface area contributed by atoms with Gasteiger partial charge in [-0.3, -0.25) is 0 Å². The molecule has 0 fully saturated rings. The van der Waals surface area contributed by atoms with Crippen LogP contribution in [0.3, 0.4) is 0 Å². The van der Waals surface area contributed by atoms with Crippen molar-refractivity contribution in [3.8, 4) is 0 Å². The van der Waals surface area contributed by atoms with Gasteiger partial charge in [-0.15, -0.1) is 10.3 Å². The fourth-order valence-electron chi connectivity index (χ4n) is 1.08. The first-order chi connectivity index (χ1) is 5.79. The molecule has 1 heterocycles. The first-order valence-electron chi connectivity index (χ1n) is 3.45. The molecule has 1 atom stereocenters. The van der Waals surface area contributed by atoms with Crippen molar-refractivity contribution in [3.63, 3.8) is 0 Å². The number of nitrogens with one attached hydrogen (secondary N) is 1. The van der Waals surface area contributed by atoms with Crippen molar-refractivity contribution < 1.29 is 4.86 Å². The van der Waals surface area contributed by atoms with Gasteiger partial charge < -0.3 is 5.21 Å². The molecule has 1 aromatic rings. The molecule has 2 rings (SSSR count). The molecule has 4 nitrogen and oxygen atoms in total. The molecule has 0 radical (unpaired) electrons. The number of hydroxylamine groups is 1. The van der Waals surface area contributed by atoms with Gasteiger partial charge in [-0.2, -0.15) is 0 Å². The van der Waals surface area contributed by atoms with Gasteiger partial charge in [0.1, 0.15) is 0 Å². The van der Waals surface area contributed by atoms with E-state index < -0.39 is 0 Å². The molecule has 12 heavy (non-hydrogen) atoms. The highest BCUT2D eigenvalue weighted by Gasteiger charge is 2.22. The van der Waals surface area contributed by atoms with E-state index in [0.717, 1.165) is 11.3 Å². The lowest BCUT2D eigenvalue weighted by atomic mass is 10.2. The first-order valence-corrected chi connectivity index (χ1v) is 4.69. The van der Waals surface area contributed by atoms with E-state index in [1.807, 2.05) is 24.3 Å². The number of hydrogen-bond acceptors (Lipinski definition) is 3. The number of hydrogen-bond donors (Lipinski definition) is 1. The summed E-state index contributed by atoms with van der Waals surface area (Å²) in [6.07, 6.45) is 0. The summed E-state index contributed by atoms with van der Waals surface area (Å²) in [5.74, 6) is 0. The summed E-state index contributed by atoms with van der Waals surface area (Å²) >= 11 is 2.05. The van der Waals surface area contributed by atoms with E-state index in [2.05, 4.69) is 33.2 Å². The molecule has 0 amide bonds. The van der Waals surface area contributed by atoms with Crippen LogP contribution >= 0.6 is 22.6 Å². The van der Waals surface area contributed by atoms with Gasteiger partial charge in [-0.05, 0) is 34.7 Å². The van der Waals surface area contributed by atoms with E-state index in [1.54, 1.807) is 0 Å². The summed E-state index contributed by atoms with van der Waals surface area (Å²) in [5.41, 5.74) is 4.56. The minimum atomic E-state index is -0.222. The van der Waals surface area contributed by atoms with Gasteiger partial charge in [0.15, 0.2) is 9.74 Å². The molecule has 0 aliphatic carbocycles. The van der Waals surface area contributed by atoms with Crippen LogP contribution in [0.1, 0.15) is 9.61 Å². The first kappa shape index (κ1) is 7.78. The normalized spacial score (nSPS) is 20.8. The molecule has 0 spiro atoms. The molecule has 1 N–H and O–H groups in total. The van der Waals surface area contributed by atoms with Gasteiger partial charge in [-0.1, -0.05) is 12.1 Å². The van der Waals surface area contributed by atoms with Gasteiger partial charge in [-0.25, -0.2) is 0 Å². The number of halogens is 1. The standard InChI is InChI=1S/C7H6IN3O/c8-7-5-3-1-2-4-6(5)9-10-11(7)12/h1-4,7,9H. The van der Waals surface area contributed by atoms with Gasteiger partial charge in [0, 0.05) is 0 Å². The maximum absolute atomic E-state index is 11.0. The highest BCUT2D eigenvalue weighted by atomic mass is 127. The Labute approximate surface area is 83.0 Å². The molecule has 1 aliphatic rings. The van der Waals surface area contributed by atoms with E-state index in [0.29, 0.717) is 4.86 Å². The SMILES string of the molecule is [O-][N+]1=NNc2ccccc2C1I. The number of benzene rings is 1. The van der Waals surface area contributed by atoms with Crippen LogP contribution in [0.2, 0.25) is 0 Å². The Kier molecular flexibility index (Phi) is 1.87. The lowest BCUT2D eigenvalue weighted by Gasteiger charge is -2.18. The summed E-state index contributed by atoms with van der Waals surface area (Å²) < 4.78 is -0.222. The third-order valence-electron chi connectivity index (χ3n) is 1.68. The van der Waals surface area contributed by atoms with E-state index in [-0.39, 0.29) is 4.05 Å². The molecule has 0 bridgehead atoms. The summed E-state index contributed by atoms with van der Waals surface area (Å²) in [4.78, 5) is 0.656. The third kappa shape index (κ3) is 1.13. The molecule has 62 valence electrons. The summed E-state index contributed by atoms with van der Waals surface area (Å²) in [7, 11) is 0. The van der Waals surface area contributed by atoms with Crippen molar-refractivity contribution in [1.82, 2.24) is 0 Å². The van der Waals surface area contributed by atoms with Crippen LogP contribution in [0.4, 0.5) is 5.69 Å². The molecule has 1 aromatic carbocycles. The molecule has 1 unspecified atom stereocenters. The van der Waals surface area contributed by atoms with E-state index in [4.69, 9.17) is 0 Å². The molecule has 0 aromatic heterocycles. The summed E-state index contributed by atoms with van der Waals surface area (Å²) in [6, 6.07) is 7.63. The Morgan fingerprint density at radius 1 is 1.50 bits per heavy atom. The van der Waals surface area contributed by atoms with Crippen molar-refractivity contribution in [2.45, 2.75) is 4.05 Å². The summed E-state index contributed by atoms with van der Waals surface area (Å²) in [6.45, 7) is 0. The number of alkyl halides is 1. The number of anilines is 1. The van der Waals surface area contributed by atoms with E-state index in [1.165, 1.54) is 0 Å². The zero-order valence-corrected chi connectivity index (χ0v) is 8.22. The predicted octanol–water partition coefficient (Wildman–Crippen LogP) is 2.42. The van der Waals surface area contributed by atoms with E-state index in [9.17, 15) is 5.21 Å². The largest absolute Gasteiger partial charge is 0.695 e. The highest BCUT2D eigenvalue weighted by molar-refractivity contribution is 14.1. The van der Waals surface area contributed by atoms with Crippen LogP contribution in [0, 0.1) is 5.21 Å². The molecule has 5 heteroatoms. The predicted molar refractivity (Wildman–Crippen MR) is 52.9 cm³/mol. The Bertz CT molecular complexity index is 339. The number of para-hydroxylation sites is 1. The van der Waals surface area contributed by atoms with Crippen molar-refractivity contribution >= 4 is 28.3 Å². The highest BCUT2D eigenvalue weighted by Crippen LogP contribution is 2.33. The molecule has 0 saturated carbocycles. The number of fused-ring (bicyclic) bond motifs is 1. The van der Waals surface area contributed by atoms with Gasteiger partial charge in [0.2, 0.25) is 0 Å². The number of rotatable bonds is 0. The second kappa shape index (κ2) is 2.89. The van der Waals surface area contributed by atoms with Gasteiger partial charge >= 0.3 is 0 Å². The fraction of sp³-hybridized carbons (Fsp3) is 0.143. The Hall–Kier alpha value is -0.850. The summed E-state index contributed by atoms with van der Waals surface area (Å²) in [5, 5.41) is 14.6. The molecular weight excluding hydrogens is 269 g/mol. The minimum absolute atomic E-state index is 0.222. The fourth-order valence-corrected chi connectivity index (χ4v) is 1.75. The second-order valence-corrected chi connectivity index (χ2v) is 3.62. The van der Waals surface area contributed by atoms with E-state index >= 15 is 0 Å². The lowest BCUT2D eigenvalue weighted by molar-refractivity contribution is -0.544. The Morgan fingerprint density at radius 2 is 2.25 bits per heavy atom.